The summed E-state index contributed by atoms with van der Waals surface area (Å²) in [5.74, 6) is 6.71. The van der Waals surface area contributed by atoms with Gasteiger partial charge in [-0.1, -0.05) is 48.2 Å². The average Bonchev–Trinajstić information content (AvgIpc) is 3.68. The SMILES string of the molecule is CN1CCC(n2cc(Nc3ncc(C#Cc4cccc(NC(=O)N5OCC[C@H]5c5ccccc5)c4)cn3)cn2)CC1. The number of nitrogens with zero attached hydrogens (tertiary/aromatic N) is 6. The molecule has 2 amide bonds. The third-order valence-corrected chi connectivity index (χ3v) is 7.33. The van der Waals surface area contributed by atoms with Gasteiger partial charge in [0, 0.05) is 36.3 Å². The number of hydroxylamine groups is 2. The van der Waals surface area contributed by atoms with Crippen LogP contribution in [0.15, 0.2) is 79.4 Å². The average molecular weight is 549 g/mol. The molecule has 10 heteroatoms. The van der Waals surface area contributed by atoms with Gasteiger partial charge in [0.25, 0.3) is 0 Å². The van der Waals surface area contributed by atoms with E-state index in [2.05, 4.69) is 49.5 Å². The fourth-order valence-corrected chi connectivity index (χ4v) is 5.09. The molecule has 2 aromatic heterocycles. The van der Waals surface area contributed by atoms with Crippen molar-refractivity contribution in [3.63, 3.8) is 0 Å². The number of urea groups is 1. The largest absolute Gasteiger partial charge is 0.346 e. The van der Waals surface area contributed by atoms with E-state index in [1.807, 2.05) is 65.5 Å². The predicted molar refractivity (Wildman–Crippen MR) is 156 cm³/mol. The molecule has 0 spiro atoms. The van der Waals surface area contributed by atoms with E-state index < -0.39 is 0 Å². The maximum absolute atomic E-state index is 13.0. The van der Waals surface area contributed by atoms with Crippen molar-refractivity contribution < 1.29 is 9.63 Å². The summed E-state index contributed by atoms with van der Waals surface area (Å²) in [6.07, 6.45) is 10.1. The molecule has 4 heterocycles. The molecule has 10 nitrogen and oxygen atoms in total. The van der Waals surface area contributed by atoms with Crippen LogP contribution in [0.2, 0.25) is 0 Å². The fourth-order valence-electron chi connectivity index (χ4n) is 5.09. The molecule has 0 saturated carbocycles. The van der Waals surface area contributed by atoms with Crippen LogP contribution in [0.3, 0.4) is 0 Å². The fraction of sp³-hybridized carbons (Fsp3) is 0.290. The van der Waals surface area contributed by atoms with Gasteiger partial charge in [-0.15, -0.1) is 0 Å². The Balaban J connectivity index is 1.05. The van der Waals surface area contributed by atoms with Crippen LogP contribution < -0.4 is 10.6 Å². The number of hydrogen-bond donors (Lipinski definition) is 2. The van der Waals surface area contributed by atoms with Crippen molar-refractivity contribution >= 4 is 23.4 Å². The van der Waals surface area contributed by atoms with Crippen molar-refractivity contribution in [3.8, 4) is 11.8 Å². The number of amides is 2. The van der Waals surface area contributed by atoms with Crippen LogP contribution in [0, 0.1) is 11.8 Å². The molecule has 0 radical (unpaired) electrons. The monoisotopic (exact) mass is 548 g/mol. The summed E-state index contributed by atoms with van der Waals surface area (Å²) in [6.45, 7) is 2.66. The highest BCUT2D eigenvalue weighted by atomic mass is 16.7. The number of aromatic nitrogens is 4. The summed E-state index contributed by atoms with van der Waals surface area (Å²) in [5, 5.41) is 12.1. The number of carbonyl (C=O) groups excluding carboxylic acids is 1. The summed E-state index contributed by atoms with van der Waals surface area (Å²) in [4.78, 5) is 29.8. The third-order valence-electron chi connectivity index (χ3n) is 7.33. The lowest BCUT2D eigenvalue weighted by Crippen LogP contribution is -2.33. The maximum atomic E-state index is 13.0. The van der Waals surface area contributed by atoms with Gasteiger partial charge in [-0.2, -0.15) is 10.2 Å². The molecular formula is C31H32N8O2. The number of hydrogen-bond acceptors (Lipinski definition) is 7. The van der Waals surface area contributed by atoms with Crippen LogP contribution in [0.25, 0.3) is 0 Å². The van der Waals surface area contributed by atoms with E-state index in [1.165, 1.54) is 5.06 Å². The maximum Gasteiger partial charge on any atom is 0.346 e. The number of nitrogens with one attached hydrogen (secondary N) is 2. The highest BCUT2D eigenvalue weighted by molar-refractivity contribution is 5.89. The molecule has 2 N–H and O–H groups in total. The Bertz CT molecular complexity index is 1540. The second kappa shape index (κ2) is 12.2. The summed E-state index contributed by atoms with van der Waals surface area (Å²) < 4.78 is 2.03. The number of anilines is 3. The molecule has 0 bridgehead atoms. The van der Waals surface area contributed by atoms with Crippen molar-refractivity contribution in [2.75, 3.05) is 37.4 Å². The van der Waals surface area contributed by atoms with Crippen LogP contribution in [-0.4, -0.2) is 62.5 Å². The first kappa shape index (κ1) is 26.5. The molecule has 2 fully saturated rings. The first-order valence-electron chi connectivity index (χ1n) is 13.8. The molecule has 2 aliphatic rings. The zero-order valence-corrected chi connectivity index (χ0v) is 22.9. The molecule has 0 aliphatic carbocycles. The van der Waals surface area contributed by atoms with Gasteiger partial charge < -0.3 is 15.5 Å². The van der Waals surface area contributed by atoms with E-state index in [9.17, 15) is 4.79 Å². The topological polar surface area (TPSA) is 100 Å². The molecule has 0 unspecified atom stereocenters. The first-order chi connectivity index (χ1) is 20.1. The second-order valence-electron chi connectivity index (χ2n) is 10.3. The Morgan fingerprint density at radius 2 is 1.71 bits per heavy atom. The van der Waals surface area contributed by atoms with Gasteiger partial charge in [-0.05, 0) is 56.7 Å². The number of benzene rings is 2. The van der Waals surface area contributed by atoms with Gasteiger partial charge in [0.15, 0.2) is 0 Å². The lowest BCUT2D eigenvalue weighted by molar-refractivity contribution is -0.0829. The minimum Gasteiger partial charge on any atom is -0.321 e. The Morgan fingerprint density at radius 1 is 0.927 bits per heavy atom. The molecule has 2 aliphatic heterocycles. The zero-order chi connectivity index (χ0) is 28.0. The smallest absolute Gasteiger partial charge is 0.321 e. The zero-order valence-electron chi connectivity index (χ0n) is 22.9. The van der Waals surface area contributed by atoms with Gasteiger partial charge in [0.05, 0.1) is 36.1 Å². The van der Waals surface area contributed by atoms with Crippen molar-refractivity contribution in [2.45, 2.75) is 31.3 Å². The Kier molecular flexibility index (Phi) is 7.89. The molecule has 2 aromatic carbocycles. The van der Waals surface area contributed by atoms with Crippen molar-refractivity contribution in [1.29, 1.82) is 0 Å². The molecule has 4 aromatic rings. The van der Waals surface area contributed by atoms with Crippen LogP contribution in [0.4, 0.5) is 22.1 Å². The third kappa shape index (κ3) is 6.54. The van der Waals surface area contributed by atoms with Crippen LogP contribution in [-0.2, 0) is 4.84 Å². The molecule has 41 heavy (non-hydrogen) atoms. The predicted octanol–water partition coefficient (Wildman–Crippen LogP) is 4.99. The van der Waals surface area contributed by atoms with Gasteiger partial charge in [-0.25, -0.2) is 14.8 Å². The van der Waals surface area contributed by atoms with E-state index in [0.29, 0.717) is 29.8 Å². The number of piperidine rings is 1. The Morgan fingerprint density at radius 3 is 2.51 bits per heavy atom. The lowest BCUT2D eigenvalue weighted by atomic mass is 10.1. The van der Waals surface area contributed by atoms with Gasteiger partial charge >= 0.3 is 6.03 Å². The van der Waals surface area contributed by atoms with E-state index >= 15 is 0 Å². The molecule has 2 saturated heterocycles. The van der Waals surface area contributed by atoms with E-state index in [1.54, 1.807) is 18.6 Å². The van der Waals surface area contributed by atoms with Crippen LogP contribution in [0.5, 0.6) is 0 Å². The summed E-state index contributed by atoms with van der Waals surface area (Å²) in [7, 11) is 2.15. The number of likely N-dealkylation sites (tertiary alicyclic amines) is 1. The highest BCUT2D eigenvalue weighted by Crippen LogP contribution is 2.30. The van der Waals surface area contributed by atoms with Crippen molar-refractivity contribution in [3.05, 3.63) is 96.1 Å². The first-order valence-corrected chi connectivity index (χ1v) is 13.8. The summed E-state index contributed by atoms with van der Waals surface area (Å²) in [5.41, 5.74) is 3.99. The molecule has 208 valence electrons. The molecule has 1 atom stereocenters. The lowest BCUT2D eigenvalue weighted by Gasteiger charge is -2.28. The van der Waals surface area contributed by atoms with Gasteiger partial charge in [0.2, 0.25) is 5.95 Å². The van der Waals surface area contributed by atoms with E-state index in [4.69, 9.17) is 4.84 Å². The standard InChI is InChI=1S/C31H32N8O2/c1-37-15-12-28(13-16-37)38-22-27(21-34-38)35-30-32-19-24(20-33-30)11-10-23-6-5-9-26(18-23)36-31(40)39-29(14-17-41-39)25-7-3-2-4-8-25/h2-9,18-22,28-29H,12-17H2,1H3,(H,36,40)(H,32,33,35)/t29-/m0/s1. The van der Waals surface area contributed by atoms with Crippen LogP contribution >= 0.6 is 0 Å². The van der Waals surface area contributed by atoms with E-state index in [0.717, 1.165) is 49.2 Å². The van der Waals surface area contributed by atoms with Gasteiger partial charge in [0.1, 0.15) is 0 Å². The van der Waals surface area contributed by atoms with Crippen molar-refractivity contribution in [2.24, 2.45) is 0 Å². The van der Waals surface area contributed by atoms with E-state index in [-0.39, 0.29) is 12.1 Å². The number of carbonyl (C=O) groups is 1. The quantitative estimate of drug-likeness (QED) is 0.339. The molecule has 6 rings (SSSR count). The molecular weight excluding hydrogens is 516 g/mol. The highest BCUT2D eigenvalue weighted by Gasteiger charge is 2.31. The minimum atomic E-state index is -0.310. The Labute approximate surface area is 239 Å². The second-order valence-corrected chi connectivity index (χ2v) is 10.3. The summed E-state index contributed by atoms with van der Waals surface area (Å²) in [6, 6.07) is 17.3. The number of rotatable bonds is 5. The minimum absolute atomic E-state index is 0.119. The summed E-state index contributed by atoms with van der Waals surface area (Å²) >= 11 is 0. The van der Waals surface area contributed by atoms with Gasteiger partial charge in [-0.3, -0.25) is 9.52 Å². The normalized spacial score (nSPS) is 17.6. The Hall–Kier alpha value is -4.72. The van der Waals surface area contributed by atoms with Crippen LogP contribution in [0.1, 0.15) is 48.0 Å². The van der Waals surface area contributed by atoms with Crippen molar-refractivity contribution in [1.82, 2.24) is 29.7 Å².